The number of hydrogen-bond donors (Lipinski definition) is 0. The number of rotatable bonds is 6. The molecule has 2 atom stereocenters. The smallest absolute Gasteiger partial charge is 0.416 e. The van der Waals surface area contributed by atoms with Gasteiger partial charge in [0.25, 0.3) is 0 Å². The number of esters is 1. The van der Waals surface area contributed by atoms with Crippen molar-refractivity contribution in [3.05, 3.63) is 99.6 Å². The zero-order valence-electron chi connectivity index (χ0n) is 26.3. The molecule has 0 bridgehead atoms. The van der Waals surface area contributed by atoms with Crippen molar-refractivity contribution in [3.63, 3.8) is 0 Å². The molecule has 2 unspecified atom stereocenters. The lowest BCUT2D eigenvalue weighted by Crippen LogP contribution is -2.35. The Morgan fingerprint density at radius 2 is 1.56 bits per heavy atom. The first-order chi connectivity index (χ1) is 22.3. The highest BCUT2D eigenvalue weighted by Crippen LogP contribution is 2.46. The molecule has 0 radical (unpaired) electrons. The van der Waals surface area contributed by atoms with Crippen molar-refractivity contribution in [3.8, 4) is 11.1 Å². The van der Waals surface area contributed by atoms with Crippen molar-refractivity contribution in [2.75, 3.05) is 13.7 Å². The van der Waals surface area contributed by atoms with Crippen LogP contribution in [0.4, 0.5) is 39.9 Å². The third-order valence-electron chi connectivity index (χ3n) is 8.86. The van der Waals surface area contributed by atoms with Crippen molar-refractivity contribution < 1.29 is 54.2 Å². The Morgan fingerprint density at radius 1 is 0.917 bits per heavy atom. The maximum atomic E-state index is 15.1. The van der Waals surface area contributed by atoms with E-state index in [1.165, 1.54) is 42.2 Å². The van der Waals surface area contributed by atoms with E-state index >= 15 is 8.78 Å². The first-order valence-electron chi connectivity index (χ1n) is 14.9. The highest BCUT2D eigenvalue weighted by Gasteiger charge is 2.44. The van der Waals surface area contributed by atoms with Crippen molar-refractivity contribution >= 4 is 17.6 Å². The number of halogens is 8. The first kappa shape index (κ1) is 34.9. The molecule has 1 fully saturated rings. The van der Waals surface area contributed by atoms with Gasteiger partial charge in [-0.2, -0.15) is 26.3 Å². The second kappa shape index (κ2) is 12.6. The summed E-state index contributed by atoms with van der Waals surface area (Å²) < 4.78 is 122. The number of allylic oxidation sites excluding steroid dienone is 1. The van der Waals surface area contributed by atoms with Crippen LogP contribution in [-0.4, -0.2) is 36.7 Å². The van der Waals surface area contributed by atoms with Crippen LogP contribution in [0.5, 0.6) is 0 Å². The van der Waals surface area contributed by atoms with Gasteiger partial charge < -0.3 is 9.47 Å². The summed E-state index contributed by atoms with van der Waals surface area (Å²) in [5, 5.41) is 0. The van der Waals surface area contributed by atoms with Crippen LogP contribution in [0.25, 0.3) is 16.7 Å². The Kier molecular flexibility index (Phi) is 9.13. The van der Waals surface area contributed by atoms with Crippen molar-refractivity contribution in [1.29, 1.82) is 0 Å². The maximum Gasteiger partial charge on any atom is 0.416 e. The average molecular weight is 682 g/mol. The summed E-state index contributed by atoms with van der Waals surface area (Å²) in [6, 6.07) is 7.85. The number of amides is 1. The van der Waals surface area contributed by atoms with E-state index in [1.807, 2.05) is 13.8 Å². The summed E-state index contributed by atoms with van der Waals surface area (Å²) in [6.07, 6.45) is -10.8. The number of nitrogens with zero attached hydrogens (tertiary/aromatic N) is 1. The molecule has 1 heterocycles. The Balaban J connectivity index is 1.52. The van der Waals surface area contributed by atoms with Gasteiger partial charge in [0.1, 0.15) is 17.7 Å². The molecule has 256 valence electrons. The second-order valence-electron chi connectivity index (χ2n) is 12.8. The lowest BCUT2D eigenvalue weighted by Gasteiger charge is -2.35. The van der Waals surface area contributed by atoms with Gasteiger partial charge in [-0.3, -0.25) is 4.90 Å². The van der Waals surface area contributed by atoms with Gasteiger partial charge in [-0.15, -0.1) is 0 Å². The Bertz CT molecular complexity index is 1760. The summed E-state index contributed by atoms with van der Waals surface area (Å²) in [7, 11) is 1.14. The molecule has 3 aromatic carbocycles. The number of carbonyl (C=O) groups excluding carboxylic acids is 2. The van der Waals surface area contributed by atoms with Crippen LogP contribution in [0.15, 0.2) is 60.2 Å². The number of hydrogen-bond acceptors (Lipinski definition) is 4. The van der Waals surface area contributed by atoms with Crippen molar-refractivity contribution in [2.24, 2.45) is 5.41 Å². The molecule has 13 heteroatoms. The van der Waals surface area contributed by atoms with Crippen LogP contribution in [0.2, 0.25) is 0 Å². The van der Waals surface area contributed by atoms with Crippen LogP contribution in [-0.2, 0) is 21.8 Å². The van der Waals surface area contributed by atoms with Gasteiger partial charge in [-0.1, -0.05) is 26.0 Å². The zero-order chi connectivity index (χ0) is 35.3. The number of alkyl halides is 6. The van der Waals surface area contributed by atoms with E-state index in [1.54, 1.807) is 0 Å². The van der Waals surface area contributed by atoms with E-state index in [-0.39, 0.29) is 34.7 Å². The minimum Gasteiger partial charge on any atom is -0.465 e. The molecule has 5 rings (SSSR count). The monoisotopic (exact) mass is 681 g/mol. The predicted molar refractivity (Wildman–Crippen MR) is 160 cm³/mol. The highest BCUT2D eigenvalue weighted by molar-refractivity contribution is 5.90. The van der Waals surface area contributed by atoms with Gasteiger partial charge >= 0.3 is 24.4 Å². The molecule has 0 saturated carbocycles. The number of cyclic esters (lactones) is 1. The van der Waals surface area contributed by atoms with Crippen LogP contribution in [0, 0.1) is 17.0 Å². The lowest BCUT2D eigenvalue weighted by molar-refractivity contribution is -0.143. The Labute approximate surface area is 271 Å². The third kappa shape index (κ3) is 7.05. The van der Waals surface area contributed by atoms with Crippen molar-refractivity contribution in [2.45, 2.75) is 64.5 Å². The molecular formula is C35H31F8NO4. The third-order valence-corrected chi connectivity index (χ3v) is 8.86. The maximum absolute atomic E-state index is 15.1. The van der Waals surface area contributed by atoms with E-state index in [0.717, 1.165) is 24.3 Å². The topological polar surface area (TPSA) is 55.8 Å². The molecule has 0 spiro atoms. The van der Waals surface area contributed by atoms with Crippen LogP contribution in [0.3, 0.4) is 0 Å². The summed E-state index contributed by atoms with van der Waals surface area (Å²) in [5.41, 5.74) is -1.94. The molecular weight excluding hydrogens is 650 g/mol. The SMILES string of the molecule is COC(=O)c1ccc(-c2cc(C3=C(CN4C(=O)OC(c5cc(C(F)(F)F)cc(C(F)(F)F)c5)C4C)CC(C)(C)CC3)ccc2F)c(F)c1. The summed E-state index contributed by atoms with van der Waals surface area (Å²) >= 11 is 0. The fraction of sp³-hybridized carbons (Fsp3) is 0.371. The Hall–Kier alpha value is -4.42. The van der Waals surface area contributed by atoms with Gasteiger partial charge in [-0.05, 0) is 96.3 Å². The molecule has 2 aliphatic rings. The molecule has 1 amide bonds. The molecule has 0 aromatic heterocycles. The molecule has 0 N–H and O–H groups in total. The molecule has 1 aliphatic heterocycles. The van der Waals surface area contributed by atoms with E-state index < -0.39 is 64.9 Å². The first-order valence-corrected chi connectivity index (χ1v) is 14.9. The van der Waals surface area contributed by atoms with E-state index in [4.69, 9.17) is 4.74 Å². The molecule has 48 heavy (non-hydrogen) atoms. The van der Waals surface area contributed by atoms with Crippen LogP contribution in [0.1, 0.15) is 78.7 Å². The van der Waals surface area contributed by atoms with E-state index in [9.17, 15) is 35.9 Å². The van der Waals surface area contributed by atoms with Crippen LogP contribution < -0.4 is 0 Å². The molecule has 3 aromatic rings. The number of methoxy groups -OCH3 is 1. The molecule has 5 nitrogen and oxygen atoms in total. The van der Waals surface area contributed by atoms with Gasteiger partial charge in [0.2, 0.25) is 0 Å². The lowest BCUT2D eigenvalue weighted by atomic mass is 9.72. The normalized spacial score (nSPS) is 19.8. The van der Waals surface area contributed by atoms with Crippen LogP contribution >= 0.6 is 0 Å². The fourth-order valence-corrected chi connectivity index (χ4v) is 6.32. The van der Waals surface area contributed by atoms with Gasteiger partial charge in [0.05, 0.1) is 29.8 Å². The minimum absolute atomic E-state index is 0.0141. The summed E-state index contributed by atoms with van der Waals surface area (Å²) in [6.45, 7) is 5.44. The number of carbonyl (C=O) groups is 2. The number of ether oxygens (including phenoxy) is 2. The predicted octanol–water partition coefficient (Wildman–Crippen LogP) is 10.0. The van der Waals surface area contributed by atoms with Gasteiger partial charge in [0.15, 0.2) is 0 Å². The quantitative estimate of drug-likeness (QED) is 0.192. The molecule has 1 saturated heterocycles. The standard InChI is InChI=1S/C35H31F8NO4/c1-18-30(21-11-23(34(38,39)40)15-24(12-21)35(41,42)43)48-32(46)44(18)17-22-16-33(2,3)10-9-25(22)19-6-8-28(36)27(13-19)26-7-5-20(14-29(26)37)31(45)47-4/h5-8,11-15,18,30H,9-10,16-17H2,1-4H3. The average Bonchev–Trinajstić information content (AvgIpc) is 3.28. The second-order valence-corrected chi connectivity index (χ2v) is 12.8. The van der Waals surface area contributed by atoms with E-state index in [2.05, 4.69) is 4.74 Å². The zero-order valence-corrected chi connectivity index (χ0v) is 26.3. The fourth-order valence-electron chi connectivity index (χ4n) is 6.32. The Morgan fingerprint density at radius 3 is 2.15 bits per heavy atom. The summed E-state index contributed by atoms with van der Waals surface area (Å²) in [4.78, 5) is 26.2. The van der Waals surface area contributed by atoms with Gasteiger partial charge in [0, 0.05) is 17.7 Å². The van der Waals surface area contributed by atoms with Crippen molar-refractivity contribution in [1.82, 2.24) is 4.90 Å². The number of benzene rings is 3. The van der Waals surface area contributed by atoms with Gasteiger partial charge in [-0.25, -0.2) is 18.4 Å². The molecule has 1 aliphatic carbocycles. The highest BCUT2D eigenvalue weighted by atomic mass is 19.4. The van der Waals surface area contributed by atoms with E-state index in [0.29, 0.717) is 37.0 Å². The largest absolute Gasteiger partial charge is 0.465 e. The summed E-state index contributed by atoms with van der Waals surface area (Å²) in [5.74, 6) is -2.34. The minimum atomic E-state index is -5.07.